The van der Waals surface area contributed by atoms with Crippen molar-refractivity contribution in [1.82, 2.24) is 19.8 Å². The van der Waals surface area contributed by atoms with Crippen molar-refractivity contribution in [3.63, 3.8) is 0 Å². The fourth-order valence-electron chi connectivity index (χ4n) is 4.37. The number of anilines is 1. The highest BCUT2D eigenvalue weighted by Crippen LogP contribution is 2.39. The number of imidazole rings is 1. The first kappa shape index (κ1) is 24.8. The normalized spacial score (nSPS) is 19.6. The van der Waals surface area contributed by atoms with Crippen LogP contribution < -0.4 is 10.6 Å². The third kappa shape index (κ3) is 5.07. The summed E-state index contributed by atoms with van der Waals surface area (Å²) in [5.74, 6) is -1.70. The molecule has 1 saturated carbocycles. The molecule has 1 unspecified atom stereocenters. The van der Waals surface area contributed by atoms with Gasteiger partial charge in [0.25, 0.3) is 11.8 Å². The third-order valence-corrected chi connectivity index (χ3v) is 6.37. The summed E-state index contributed by atoms with van der Waals surface area (Å²) in [6.45, 7) is 8.44. The summed E-state index contributed by atoms with van der Waals surface area (Å²) in [7, 11) is 0. The van der Waals surface area contributed by atoms with E-state index in [1.165, 1.54) is 12.4 Å². The van der Waals surface area contributed by atoms with Crippen molar-refractivity contribution in [2.75, 3.05) is 18.5 Å². The van der Waals surface area contributed by atoms with Crippen LogP contribution in [0.15, 0.2) is 24.5 Å². The Balaban J connectivity index is 1.53. The molecule has 1 atom stereocenters. The second-order valence-electron chi connectivity index (χ2n) is 9.70. The molecule has 0 bridgehead atoms. The van der Waals surface area contributed by atoms with E-state index in [9.17, 15) is 18.8 Å². The number of hydrogen-bond donors (Lipinski definition) is 2. The highest BCUT2D eigenvalue weighted by molar-refractivity contribution is 6.11. The van der Waals surface area contributed by atoms with E-state index in [0.29, 0.717) is 25.1 Å². The molecule has 1 fully saturated rings. The summed E-state index contributed by atoms with van der Waals surface area (Å²) in [5.41, 5.74) is -0.290. The first-order valence-electron chi connectivity index (χ1n) is 12.0. The molecule has 4 rings (SSSR count). The molecule has 2 heterocycles. The number of halogens is 1. The molecule has 0 spiro atoms. The van der Waals surface area contributed by atoms with Crippen LogP contribution in [0.3, 0.4) is 0 Å². The molecule has 0 saturated heterocycles. The smallest absolute Gasteiger partial charge is 0.276 e. The fraction of sp³-hybridized carbons (Fsp3) is 0.520. The van der Waals surface area contributed by atoms with Gasteiger partial charge in [-0.2, -0.15) is 0 Å². The van der Waals surface area contributed by atoms with Gasteiger partial charge in [-0.15, -0.1) is 0 Å². The molecule has 2 N–H and O–H groups in total. The fourth-order valence-corrected chi connectivity index (χ4v) is 4.37. The van der Waals surface area contributed by atoms with Crippen LogP contribution in [0, 0.1) is 12.7 Å². The van der Waals surface area contributed by atoms with Gasteiger partial charge < -0.3 is 24.8 Å². The van der Waals surface area contributed by atoms with Crippen LogP contribution in [-0.2, 0) is 16.1 Å². The van der Waals surface area contributed by atoms with Crippen LogP contribution in [0.1, 0.15) is 66.6 Å². The molecule has 2 aromatic rings. The number of nitrogens with zero attached hydrogens (tertiary/aromatic N) is 3. The molecule has 1 aromatic carbocycles. The number of amides is 3. The van der Waals surface area contributed by atoms with E-state index in [0.717, 1.165) is 12.8 Å². The van der Waals surface area contributed by atoms with Gasteiger partial charge in [-0.3, -0.25) is 14.4 Å². The zero-order valence-electron chi connectivity index (χ0n) is 20.6. The number of nitrogens with one attached hydrogen (secondary N) is 2. The van der Waals surface area contributed by atoms with E-state index in [2.05, 4.69) is 15.6 Å². The molecule has 2 aliphatic rings. The Morgan fingerprint density at radius 2 is 2.06 bits per heavy atom. The van der Waals surface area contributed by atoms with E-state index in [1.807, 2.05) is 13.8 Å². The van der Waals surface area contributed by atoms with Gasteiger partial charge in [-0.05, 0) is 64.7 Å². The van der Waals surface area contributed by atoms with Crippen LogP contribution in [0.2, 0.25) is 0 Å². The van der Waals surface area contributed by atoms with Crippen molar-refractivity contribution in [3.05, 3.63) is 47.3 Å². The Labute approximate surface area is 204 Å². The number of aromatic nitrogens is 2. The van der Waals surface area contributed by atoms with Gasteiger partial charge in [0.05, 0.1) is 19.0 Å². The van der Waals surface area contributed by atoms with Crippen LogP contribution in [-0.4, -0.2) is 63.0 Å². The SMILES string of the molecule is Cc1ccc(NC(=O)c2ncn3c2C(=O)N(C2CC2)C(C)(C(=O)NCCCOC(C)C)C3)cc1F. The lowest BCUT2D eigenvalue weighted by Crippen LogP contribution is -2.64. The quantitative estimate of drug-likeness (QED) is 0.532. The van der Waals surface area contributed by atoms with Crippen molar-refractivity contribution in [3.8, 4) is 0 Å². The summed E-state index contributed by atoms with van der Waals surface area (Å²) in [4.78, 5) is 45.6. The monoisotopic (exact) mass is 485 g/mol. The van der Waals surface area contributed by atoms with Crippen molar-refractivity contribution >= 4 is 23.4 Å². The van der Waals surface area contributed by atoms with E-state index >= 15 is 0 Å². The lowest BCUT2D eigenvalue weighted by Gasteiger charge is -2.44. The molecule has 10 heteroatoms. The van der Waals surface area contributed by atoms with Crippen LogP contribution in [0.4, 0.5) is 10.1 Å². The minimum Gasteiger partial charge on any atom is -0.379 e. The predicted molar refractivity (Wildman–Crippen MR) is 128 cm³/mol. The van der Waals surface area contributed by atoms with Gasteiger partial charge in [-0.1, -0.05) is 6.07 Å². The first-order chi connectivity index (χ1) is 16.6. The molecular weight excluding hydrogens is 453 g/mol. The third-order valence-electron chi connectivity index (χ3n) is 6.37. The average molecular weight is 486 g/mol. The van der Waals surface area contributed by atoms with Gasteiger partial charge in [0.15, 0.2) is 5.69 Å². The largest absolute Gasteiger partial charge is 0.379 e. The van der Waals surface area contributed by atoms with E-state index in [1.54, 1.807) is 35.4 Å². The van der Waals surface area contributed by atoms with Crippen LogP contribution in [0.5, 0.6) is 0 Å². The molecule has 188 valence electrons. The number of carbonyl (C=O) groups excluding carboxylic acids is 3. The molecule has 1 aliphatic heterocycles. The Kier molecular flexibility index (Phi) is 6.93. The van der Waals surface area contributed by atoms with Gasteiger partial charge in [0.1, 0.15) is 17.1 Å². The van der Waals surface area contributed by atoms with Crippen LogP contribution >= 0.6 is 0 Å². The Morgan fingerprint density at radius 1 is 1.31 bits per heavy atom. The van der Waals surface area contributed by atoms with Gasteiger partial charge in [-0.25, -0.2) is 9.37 Å². The molecule has 1 aromatic heterocycles. The number of ether oxygens (including phenoxy) is 1. The maximum absolute atomic E-state index is 13.9. The highest BCUT2D eigenvalue weighted by Gasteiger charge is 2.53. The summed E-state index contributed by atoms with van der Waals surface area (Å²) in [6.07, 6.45) is 3.80. The number of benzene rings is 1. The molecule has 9 nitrogen and oxygen atoms in total. The van der Waals surface area contributed by atoms with Gasteiger partial charge in [0.2, 0.25) is 5.91 Å². The Morgan fingerprint density at radius 3 is 2.71 bits per heavy atom. The van der Waals surface area contributed by atoms with Gasteiger partial charge in [0, 0.05) is 24.9 Å². The summed E-state index contributed by atoms with van der Waals surface area (Å²) in [6, 6.07) is 4.31. The highest BCUT2D eigenvalue weighted by atomic mass is 19.1. The van der Waals surface area contributed by atoms with Gasteiger partial charge >= 0.3 is 0 Å². The molecule has 0 radical (unpaired) electrons. The number of hydrogen-bond acceptors (Lipinski definition) is 5. The Hall–Kier alpha value is -3.27. The number of fused-ring (bicyclic) bond motifs is 1. The summed E-state index contributed by atoms with van der Waals surface area (Å²) < 4.78 is 21.0. The maximum Gasteiger partial charge on any atom is 0.276 e. The zero-order chi connectivity index (χ0) is 25.3. The Bertz CT molecular complexity index is 1140. The molecule has 3 amide bonds. The number of aryl methyl sites for hydroxylation is 1. The van der Waals surface area contributed by atoms with Crippen molar-refractivity contribution < 1.29 is 23.5 Å². The lowest BCUT2D eigenvalue weighted by atomic mass is 9.94. The zero-order valence-corrected chi connectivity index (χ0v) is 20.6. The van der Waals surface area contributed by atoms with Crippen molar-refractivity contribution in [1.29, 1.82) is 0 Å². The van der Waals surface area contributed by atoms with Crippen molar-refractivity contribution in [2.45, 2.75) is 71.2 Å². The van der Waals surface area contributed by atoms with Crippen LogP contribution in [0.25, 0.3) is 0 Å². The summed E-state index contributed by atoms with van der Waals surface area (Å²) in [5, 5.41) is 5.56. The average Bonchev–Trinajstić information content (AvgIpc) is 3.53. The van der Waals surface area contributed by atoms with E-state index in [-0.39, 0.29) is 41.7 Å². The minimum absolute atomic E-state index is 0.0464. The minimum atomic E-state index is -1.11. The standard InChI is InChI=1S/C25H32FN5O4/c1-15(2)35-11-5-10-27-24(34)25(4)13-30-14-28-20(21(30)23(33)31(25)18-8-9-18)22(32)29-17-7-6-16(3)19(26)12-17/h6-7,12,14-15,18H,5,8-11,13H2,1-4H3,(H,27,34)(H,29,32). The molecule has 35 heavy (non-hydrogen) atoms. The summed E-state index contributed by atoms with van der Waals surface area (Å²) >= 11 is 0. The van der Waals surface area contributed by atoms with E-state index < -0.39 is 23.2 Å². The second kappa shape index (κ2) is 9.77. The lowest BCUT2D eigenvalue weighted by molar-refractivity contribution is -0.133. The predicted octanol–water partition coefficient (Wildman–Crippen LogP) is 2.89. The topological polar surface area (TPSA) is 106 Å². The number of carbonyl (C=O) groups is 3. The van der Waals surface area contributed by atoms with E-state index in [4.69, 9.17) is 4.74 Å². The second-order valence-corrected chi connectivity index (χ2v) is 9.70. The first-order valence-corrected chi connectivity index (χ1v) is 12.0. The maximum atomic E-state index is 13.9. The molecular formula is C25H32FN5O4. The molecule has 1 aliphatic carbocycles. The van der Waals surface area contributed by atoms with Crippen molar-refractivity contribution in [2.24, 2.45) is 0 Å². The number of rotatable bonds is 9.